The minimum absolute atomic E-state index is 0.0265. The van der Waals surface area contributed by atoms with Crippen LogP contribution in [-0.4, -0.2) is 11.5 Å². The van der Waals surface area contributed by atoms with E-state index in [9.17, 15) is 10.1 Å². The van der Waals surface area contributed by atoms with Gasteiger partial charge in [0.05, 0.1) is 15.0 Å². The molecule has 1 aliphatic rings. The largest absolute Gasteiger partial charge is 0.379 e. The number of halogens is 2. The van der Waals surface area contributed by atoms with Crippen molar-refractivity contribution in [3.8, 4) is 0 Å². The van der Waals surface area contributed by atoms with Gasteiger partial charge in [-0.15, -0.1) is 0 Å². The zero-order valence-corrected chi connectivity index (χ0v) is 13.6. The summed E-state index contributed by atoms with van der Waals surface area (Å²) in [5.74, 6) is 1.51. The highest BCUT2D eigenvalue weighted by Crippen LogP contribution is 2.35. The third kappa shape index (κ3) is 4.48. The van der Waals surface area contributed by atoms with Crippen molar-refractivity contribution in [3.05, 3.63) is 32.3 Å². The molecule has 4 nitrogen and oxygen atoms in total. The summed E-state index contributed by atoms with van der Waals surface area (Å²) in [7, 11) is 0. The number of hydrogen-bond acceptors (Lipinski definition) is 3. The molecule has 0 radical (unpaired) electrons. The quantitative estimate of drug-likeness (QED) is 0.570. The maximum absolute atomic E-state index is 11.1. The Morgan fingerprint density at radius 1 is 1.33 bits per heavy atom. The number of anilines is 1. The summed E-state index contributed by atoms with van der Waals surface area (Å²) in [6.45, 7) is 3.01. The van der Waals surface area contributed by atoms with E-state index in [0.717, 1.165) is 18.9 Å². The predicted octanol–water partition coefficient (Wildman–Crippen LogP) is 5.53. The number of nitro benzene ring substituents is 1. The molecule has 1 saturated carbocycles. The number of benzene rings is 1. The molecule has 1 fully saturated rings. The van der Waals surface area contributed by atoms with Gasteiger partial charge in [-0.25, -0.2) is 0 Å². The Labute approximate surface area is 135 Å². The van der Waals surface area contributed by atoms with Gasteiger partial charge in [0.15, 0.2) is 0 Å². The molecule has 0 aliphatic heterocycles. The SMILES string of the molecule is CC1CCCC(CCNc2cc(Cl)c(Cl)cc2[N+](=O)[O-])C1. The summed E-state index contributed by atoms with van der Waals surface area (Å²) < 4.78 is 0. The van der Waals surface area contributed by atoms with Crippen molar-refractivity contribution < 1.29 is 4.92 Å². The van der Waals surface area contributed by atoms with Crippen LogP contribution in [0.5, 0.6) is 0 Å². The lowest BCUT2D eigenvalue weighted by molar-refractivity contribution is -0.383. The van der Waals surface area contributed by atoms with Gasteiger partial charge in [0.2, 0.25) is 0 Å². The number of rotatable bonds is 5. The first-order valence-corrected chi connectivity index (χ1v) is 8.10. The van der Waals surface area contributed by atoms with E-state index in [-0.39, 0.29) is 10.7 Å². The monoisotopic (exact) mass is 330 g/mol. The van der Waals surface area contributed by atoms with Gasteiger partial charge in [0, 0.05) is 12.6 Å². The maximum atomic E-state index is 11.1. The number of nitrogens with zero attached hydrogens (tertiary/aromatic N) is 1. The summed E-state index contributed by atoms with van der Waals surface area (Å²) in [6.07, 6.45) is 6.16. The fourth-order valence-corrected chi connectivity index (χ4v) is 3.38. The molecule has 1 aliphatic carbocycles. The smallest absolute Gasteiger partial charge is 0.293 e. The molecule has 0 saturated heterocycles. The average Bonchev–Trinajstić information content (AvgIpc) is 2.42. The third-order valence-electron chi connectivity index (χ3n) is 4.15. The summed E-state index contributed by atoms with van der Waals surface area (Å²) >= 11 is 11.8. The lowest BCUT2D eigenvalue weighted by Gasteiger charge is -2.26. The molecule has 6 heteroatoms. The van der Waals surface area contributed by atoms with Crippen LogP contribution in [0.3, 0.4) is 0 Å². The fourth-order valence-electron chi connectivity index (χ4n) is 3.06. The molecule has 1 aromatic carbocycles. The Morgan fingerprint density at radius 3 is 2.71 bits per heavy atom. The van der Waals surface area contributed by atoms with E-state index in [0.29, 0.717) is 16.6 Å². The van der Waals surface area contributed by atoms with E-state index >= 15 is 0 Å². The van der Waals surface area contributed by atoms with Crippen molar-refractivity contribution in [2.24, 2.45) is 11.8 Å². The van der Waals surface area contributed by atoms with Crippen molar-refractivity contribution >= 4 is 34.6 Å². The standard InChI is InChI=1S/C15H20Cl2N2O2/c1-10-3-2-4-11(7-10)5-6-18-14-8-12(16)13(17)9-15(14)19(20)21/h8-11,18H,2-7H2,1H3. The Morgan fingerprint density at radius 2 is 2.05 bits per heavy atom. The van der Waals surface area contributed by atoms with Crippen LogP contribution in [0.2, 0.25) is 10.0 Å². The topological polar surface area (TPSA) is 55.2 Å². The van der Waals surface area contributed by atoms with E-state index in [4.69, 9.17) is 23.2 Å². The van der Waals surface area contributed by atoms with Crippen LogP contribution in [0.4, 0.5) is 11.4 Å². The van der Waals surface area contributed by atoms with Crippen LogP contribution in [0.25, 0.3) is 0 Å². The Bertz CT molecular complexity index is 523. The van der Waals surface area contributed by atoms with Gasteiger partial charge in [0.25, 0.3) is 5.69 Å². The van der Waals surface area contributed by atoms with Crippen molar-refractivity contribution in [2.45, 2.75) is 39.0 Å². The van der Waals surface area contributed by atoms with Crippen molar-refractivity contribution in [2.75, 3.05) is 11.9 Å². The Balaban J connectivity index is 1.96. The molecule has 0 spiro atoms. The van der Waals surface area contributed by atoms with Gasteiger partial charge in [-0.1, -0.05) is 49.4 Å². The first-order chi connectivity index (χ1) is 9.97. The molecule has 2 atom stereocenters. The van der Waals surface area contributed by atoms with Gasteiger partial charge in [-0.2, -0.15) is 0 Å². The Hall–Kier alpha value is -1.00. The number of nitrogens with one attached hydrogen (secondary N) is 1. The van der Waals surface area contributed by atoms with E-state index in [1.54, 1.807) is 0 Å². The number of nitro groups is 1. The van der Waals surface area contributed by atoms with E-state index in [1.165, 1.54) is 37.8 Å². The molecular formula is C15H20Cl2N2O2. The third-order valence-corrected chi connectivity index (χ3v) is 4.87. The van der Waals surface area contributed by atoms with E-state index in [1.807, 2.05) is 0 Å². The minimum atomic E-state index is -0.437. The van der Waals surface area contributed by atoms with E-state index < -0.39 is 4.92 Å². The zero-order chi connectivity index (χ0) is 15.4. The first-order valence-electron chi connectivity index (χ1n) is 7.34. The molecule has 21 heavy (non-hydrogen) atoms. The van der Waals surface area contributed by atoms with Crippen molar-refractivity contribution in [1.82, 2.24) is 0 Å². The lowest BCUT2D eigenvalue weighted by atomic mass is 9.81. The molecule has 1 aromatic rings. The van der Waals surface area contributed by atoms with Crippen LogP contribution < -0.4 is 5.32 Å². The lowest BCUT2D eigenvalue weighted by Crippen LogP contribution is -2.16. The predicted molar refractivity (Wildman–Crippen MR) is 87.3 cm³/mol. The van der Waals surface area contributed by atoms with Crippen molar-refractivity contribution in [1.29, 1.82) is 0 Å². The van der Waals surface area contributed by atoms with Gasteiger partial charge in [-0.05, 0) is 30.7 Å². The highest BCUT2D eigenvalue weighted by atomic mass is 35.5. The minimum Gasteiger partial charge on any atom is -0.379 e. The van der Waals surface area contributed by atoms with Crippen LogP contribution in [0, 0.1) is 22.0 Å². The molecule has 0 amide bonds. The second-order valence-corrected chi connectivity index (χ2v) is 6.71. The molecule has 0 heterocycles. The zero-order valence-electron chi connectivity index (χ0n) is 12.1. The van der Waals surface area contributed by atoms with E-state index in [2.05, 4.69) is 12.2 Å². The molecule has 0 aromatic heterocycles. The summed E-state index contributed by atoms with van der Waals surface area (Å²) in [5, 5.41) is 14.7. The van der Waals surface area contributed by atoms with Crippen LogP contribution >= 0.6 is 23.2 Å². The molecule has 2 rings (SSSR count). The summed E-state index contributed by atoms with van der Waals surface area (Å²) in [6, 6.07) is 2.83. The molecule has 1 N–H and O–H groups in total. The molecular weight excluding hydrogens is 311 g/mol. The van der Waals surface area contributed by atoms with Crippen LogP contribution in [0.1, 0.15) is 39.0 Å². The van der Waals surface area contributed by atoms with Gasteiger partial charge >= 0.3 is 0 Å². The van der Waals surface area contributed by atoms with Crippen LogP contribution in [-0.2, 0) is 0 Å². The Kier molecular flexibility index (Phi) is 5.71. The molecule has 0 bridgehead atoms. The van der Waals surface area contributed by atoms with Crippen molar-refractivity contribution in [3.63, 3.8) is 0 Å². The molecule has 2 unspecified atom stereocenters. The van der Waals surface area contributed by atoms with Gasteiger partial charge in [-0.3, -0.25) is 10.1 Å². The average molecular weight is 331 g/mol. The maximum Gasteiger partial charge on any atom is 0.293 e. The second kappa shape index (κ2) is 7.32. The summed E-state index contributed by atoms with van der Waals surface area (Å²) in [5.41, 5.74) is 0.416. The first kappa shape index (κ1) is 16.4. The molecule has 116 valence electrons. The second-order valence-electron chi connectivity index (χ2n) is 5.89. The number of hydrogen-bond donors (Lipinski definition) is 1. The summed E-state index contributed by atoms with van der Waals surface area (Å²) in [4.78, 5) is 10.6. The normalized spacial score (nSPS) is 22.0. The van der Waals surface area contributed by atoms with Crippen LogP contribution in [0.15, 0.2) is 12.1 Å². The van der Waals surface area contributed by atoms with Gasteiger partial charge < -0.3 is 5.32 Å². The van der Waals surface area contributed by atoms with Gasteiger partial charge in [0.1, 0.15) is 5.69 Å². The highest BCUT2D eigenvalue weighted by molar-refractivity contribution is 6.42. The fraction of sp³-hybridized carbons (Fsp3) is 0.600. The highest BCUT2D eigenvalue weighted by Gasteiger charge is 2.20.